The summed E-state index contributed by atoms with van der Waals surface area (Å²) in [7, 11) is 0. The fraction of sp³-hybridized carbons (Fsp3) is 0.727. The highest BCUT2D eigenvalue weighted by Crippen LogP contribution is 2.18. The highest BCUT2D eigenvalue weighted by Gasteiger charge is 2.29. The average Bonchev–Trinajstić information content (AvgIpc) is 2.46. The Kier molecular flexibility index (Phi) is 3.54. The predicted octanol–water partition coefficient (Wildman–Crippen LogP) is 1.62. The standard InChI is InChI=1S/C11H17NO2/c1-5-6-7-13-9(2)10-12-11(3,4)8-14-10/h9H,7-8H2,1-4H3. The minimum Gasteiger partial charge on any atom is -0.477 e. The molecule has 0 fully saturated rings. The molecular formula is C11H17NO2. The summed E-state index contributed by atoms with van der Waals surface area (Å²) in [6.45, 7) is 8.87. The van der Waals surface area contributed by atoms with Gasteiger partial charge in [-0.25, -0.2) is 4.99 Å². The molecule has 3 nitrogen and oxygen atoms in total. The Bertz CT molecular complexity index is 283. The second-order valence-electron chi connectivity index (χ2n) is 3.93. The summed E-state index contributed by atoms with van der Waals surface area (Å²) in [6.07, 6.45) is -0.0994. The van der Waals surface area contributed by atoms with Crippen LogP contribution in [0, 0.1) is 11.8 Å². The zero-order valence-corrected chi connectivity index (χ0v) is 9.26. The third-order valence-corrected chi connectivity index (χ3v) is 1.92. The number of hydrogen-bond donors (Lipinski definition) is 0. The van der Waals surface area contributed by atoms with Crippen molar-refractivity contribution in [3.63, 3.8) is 0 Å². The Morgan fingerprint density at radius 3 is 2.86 bits per heavy atom. The van der Waals surface area contributed by atoms with E-state index in [4.69, 9.17) is 9.47 Å². The van der Waals surface area contributed by atoms with Crippen LogP contribution in [0.5, 0.6) is 0 Å². The van der Waals surface area contributed by atoms with Crippen molar-refractivity contribution in [2.24, 2.45) is 4.99 Å². The lowest BCUT2D eigenvalue weighted by Gasteiger charge is -2.09. The Hall–Kier alpha value is -1.01. The molecule has 0 aromatic carbocycles. The Morgan fingerprint density at radius 1 is 1.64 bits per heavy atom. The molecule has 0 saturated carbocycles. The highest BCUT2D eigenvalue weighted by molar-refractivity contribution is 5.82. The van der Waals surface area contributed by atoms with Gasteiger partial charge >= 0.3 is 0 Å². The Labute approximate surface area is 85.5 Å². The van der Waals surface area contributed by atoms with Crippen LogP contribution in [0.4, 0.5) is 0 Å². The van der Waals surface area contributed by atoms with Gasteiger partial charge in [-0.05, 0) is 27.7 Å². The molecule has 0 aliphatic carbocycles. The van der Waals surface area contributed by atoms with Gasteiger partial charge in [0, 0.05) is 0 Å². The third kappa shape index (κ3) is 3.04. The molecule has 0 spiro atoms. The van der Waals surface area contributed by atoms with Crippen molar-refractivity contribution in [1.82, 2.24) is 0 Å². The lowest BCUT2D eigenvalue weighted by atomic mass is 10.1. The molecule has 0 saturated heterocycles. The zero-order valence-electron chi connectivity index (χ0n) is 9.26. The molecule has 0 aromatic heterocycles. The molecule has 1 aliphatic heterocycles. The summed E-state index contributed by atoms with van der Waals surface area (Å²) in [6, 6.07) is 0. The minimum atomic E-state index is -0.108. The highest BCUT2D eigenvalue weighted by atomic mass is 16.5. The minimum absolute atomic E-state index is 0.0994. The summed E-state index contributed by atoms with van der Waals surface area (Å²) in [4.78, 5) is 4.42. The Balaban J connectivity index is 2.45. The van der Waals surface area contributed by atoms with Crippen molar-refractivity contribution in [1.29, 1.82) is 0 Å². The summed E-state index contributed by atoms with van der Waals surface area (Å²) in [5.41, 5.74) is -0.108. The number of rotatable bonds is 3. The van der Waals surface area contributed by atoms with Crippen LogP contribution >= 0.6 is 0 Å². The molecule has 14 heavy (non-hydrogen) atoms. The SMILES string of the molecule is CC#CCOC(C)C1=NC(C)(C)CO1. The van der Waals surface area contributed by atoms with Crippen LogP contribution in [-0.2, 0) is 9.47 Å². The van der Waals surface area contributed by atoms with Crippen molar-refractivity contribution in [2.45, 2.75) is 39.3 Å². The van der Waals surface area contributed by atoms with Crippen molar-refractivity contribution in [3.05, 3.63) is 0 Å². The van der Waals surface area contributed by atoms with Gasteiger partial charge in [0.05, 0.1) is 5.54 Å². The number of aliphatic imine (C=N–C) groups is 1. The van der Waals surface area contributed by atoms with Gasteiger partial charge in [-0.15, -0.1) is 5.92 Å². The van der Waals surface area contributed by atoms with E-state index in [0.29, 0.717) is 19.1 Å². The van der Waals surface area contributed by atoms with Gasteiger partial charge in [0.2, 0.25) is 5.90 Å². The van der Waals surface area contributed by atoms with Gasteiger partial charge in [-0.1, -0.05) is 5.92 Å². The van der Waals surface area contributed by atoms with Gasteiger partial charge < -0.3 is 9.47 Å². The van der Waals surface area contributed by atoms with Crippen LogP contribution in [0.25, 0.3) is 0 Å². The average molecular weight is 195 g/mol. The van der Waals surface area contributed by atoms with Crippen LogP contribution < -0.4 is 0 Å². The number of nitrogens with zero attached hydrogens (tertiary/aromatic N) is 1. The van der Waals surface area contributed by atoms with Crippen LogP contribution in [0.3, 0.4) is 0 Å². The van der Waals surface area contributed by atoms with Crippen molar-refractivity contribution in [3.8, 4) is 11.8 Å². The molecule has 1 atom stereocenters. The topological polar surface area (TPSA) is 30.8 Å². The fourth-order valence-electron chi connectivity index (χ4n) is 1.13. The molecule has 1 rings (SSSR count). The van der Waals surface area contributed by atoms with E-state index in [1.165, 1.54) is 0 Å². The van der Waals surface area contributed by atoms with Crippen LogP contribution in [0.2, 0.25) is 0 Å². The first-order valence-electron chi connectivity index (χ1n) is 4.79. The largest absolute Gasteiger partial charge is 0.477 e. The second kappa shape index (κ2) is 4.47. The van der Waals surface area contributed by atoms with E-state index in [1.807, 2.05) is 20.8 Å². The van der Waals surface area contributed by atoms with Gasteiger partial charge in [-0.2, -0.15) is 0 Å². The maximum atomic E-state index is 5.44. The van der Waals surface area contributed by atoms with Crippen molar-refractivity contribution in [2.75, 3.05) is 13.2 Å². The summed E-state index contributed by atoms with van der Waals surface area (Å²) in [5.74, 6) is 6.30. The number of hydrogen-bond acceptors (Lipinski definition) is 3. The van der Waals surface area contributed by atoms with Gasteiger partial charge in [-0.3, -0.25) is 0 Å². The van der Waals surface area contributed by atoms with E-state index in [1.54, 1.807) is 6.92 Å². The third-order valence-electron chi connectivity index (χ3n) is 1.92. The molecule has 1 unspecified atom stereocenters. The second-order valence-corrected chi connectivity index (χ2v) is 3.93. The van der Waals surface area contributed by atoms with Crippen LogP contribution in [0.15, 0.2) is 4.99 Å². The van der Waals surface area contributed by atoms with Crippen LogP contribution in [0.1, 0.15) is 27.7 Å². The van der Waals surface area contributed by atoms with Gasteiger partial charge in [0.15, 0.2) is 0 Å². The zero-order chi connectivity index (χ0) is 10.6. The Morgan fingerprint density at radius 2 is 2.36 bits per heavy atom. The maximum Gasteiger partial charge on any atom is 0.213 e. The first-order valence-corrected chi connectivity index (χ1v) is 4.79. The van der Waals surface area contributed by atoms with Crippen LogP contribution in [-0.4, -0.2) is 30.8 Å². The quantitative estimate of drug-likeness (QED) is 0.641. The van der Waals surface area contributed by atoms with E-state index in [0.717, 1.165) is 0 Å². The molecular weight excluding hydrogens is 178 g/mol. The summed E-state index contributed by atoms with van der Waals surface area (Å²) < 4.78 is 10.9. The summed E-state index contributed by atoms with van der Waals surface area (Å²) >= 11 is 0. The predicted molar refractivity (Wildman–Crippen MR) is 56.3 cm³/mol. The number of ether oxygens (including phenoxy) is 2. The monoisotopic (exact) mass is 195 g/mol. The normalized spacial score (nSPS) is 20.4. The maximum absolute atomic E-state index is 5.44. The smallest absolute Gasteiger partial charge is 0.213 e. The van der Waals surface area contributed by atoms with E-state index in [9.17, 15) is 0 Å². The molecule has 3 heteroatoms. The van der Waals surface area contributed by atoms with E-state index >= 15 is 0 Å². The van der Waals surface area contributed by atoms with E-state index in [-0.39, 0.29) is 11.6 Å². The van der Waals surface area contributed by atoms with E-state index in [2.05, 4.69) is 16.8 Å². The summed E-state index contributed by atoms with van der Waals surface area (Å²) in [5, 5.41) is 0. The molecule has 1 aliphatic rings. The molecule has 0 bridgehead atoms. The van der Waals surface area contributed by atoms with Crippen molar-refractivity contribution < 1.29 is 9.47 Å². The van der Waals surface area contributed by atoms with E-state index < -0.39 is 0 Å². The van der Waals surface area contributed by atoms with Crippen molar-refractivity contribution >= 4 is 5.90 Å². The van der Waals surface area contributed by atoms with Gasteiger partial charge in [0.1, 0.15) is 19.3 Å². The molecule has 78 valence electrons. The molecule has 0 radical (unpaired) electrons. The van der Waals surface area contributed by atoms with Gasteiger partial charge in [0.25, 0.3) is 0 Å². The molecule has 0 amide bonds. The lowest BCUT2D eigenvalue weighted by Crippen LogP contribution is -2.21. The molecule has 0 N–H and O–H groups in total. The molecule has 0 aromatic rings. The molecule has 1 heterocycles. The first kappa shape index (κ1) is 11.1. The lowest BCUT2D eigenvalue weighted by molar-refractivity contribution is 0.118. The fourth-order valence-corrected chi connectivity index (χ4v) is 1.13. The first-order chi connectivity index (χ1) is 6.55.